The van der Waals surface area contributed by atoms with Crippen molar-refractivity contribution in [3.63, 3.8) is 0 Å². The van der Waals surface area contributed by atoms with Gasteiger partial charge >= 0.3 is 0 Å². The van der Waals surface area contributed by atoms with Crippen molar-refractivity contribution in [2.45, 2.75) is 31.4 Å². The first kappa shape index (κ1) is 15.5. The van der Waals surface area contributed by atoms with Crippen LogP contribution in [-0.2, 0) is 11.2 Å². The van der Waals surface area contributed by atoms with Crippen LogP contribution in [-0.4, -0.2) is 36.1 Å². The van der Waals surface area contributed by atoms with E-state index in [0.29, 0.717) is 12.8 Å². The highest BCUT2D eigenvalue weighted by Crippen LogP contribution is 2.04. The SMILES string of the molecule is NC(CCc1ccccc1)C(=O)NCC(O)C(F)F. The topological polar surface area (TPSA) is 75.4 Å². The number of benzene rings is 1. The van der Waals surface area contributed by atoms with Gasteiger partial charge in [0.2, 0.25) is 5.91 Å². The number of hydrogen-bond donors (Lipinski definition) is 3. The number of aliphatic hydroxyl groups is 1. The molecule has 0 bridgehead atoms. The van der Waals surface area contributed by atoms with E-state index >= 15 is 0 Å². The Morgan fingerprint density at radius 3 is 2.53 bits per heavy atom. The zero-order valence-corrected chi connectivity index (χ0v) is 10.4. The van der Waals surface area contributed by atoms with Gasteiger partial charge in [-0.3, -0.25) is 4.79 Å². The van der Waals surface area contributed by atoms with E-state index in [0.717, 1.165) is 5.56 Å². The molecule has 6 heteroatoms. The van der Waals surface area contributed by atoms with Crippen molar-refractivity contribution in [1.82, 2.24) is 5.32 Å². The van der Waals surface area contributed by atoms with Gasteiger partial charge in [-0.2, -0.15) is 0 Å². The van der Waals surface area contributed by atoms with Crippen LogP contribution in [0, 0.1) is 0 Å². The molecular formula is C13H18F2N2O2. The minimum absolute atomic E-state index is 0.417. The number of carbonyl (C=O) groups excluding carboxylic acids is 1. The number of nitrogens with two attached hydrogens (primary N) is 1. The monoisotopic (exact) mass is 272 g/mol. The van der Waals surface area contributed by atoms with Crippen LogP contribution in [0.1, 0.15) is 12.0 Å². The van der Waals surface area contributed by atoms with Crippen LogP contribution in [0.2, 0.25) is 0 Å². The summed E-state index contributed by atoms with van der Waals surface area (Å²) in [5.41, 5.74) is 6.70. The molecule has 0 saturated heterocycles. The third-order valence-corrected chi connectivity index (χ3v) is 2.70. The summed E-state index contributed by atoms with van der Waals surface area (Å²) < 4.78 is 24.0. The summed E-state index contributed by atoms with van der Waals surface area (Å²) in [6.07, 6.45) is -3.68. The average Bonchev–Trinajstić information content (AvgIpc) is 2.42. The molecule has 0 aliphatic heterocycles. The number of carbonyl (C=O) groups is 1. The van der Waals surface area contributed by atoms with Crippen LogP contribution in [0.5, 0.6) is 0 Å². The van der Waals surface area contributed by atoms with Crippen molar-refractivity contribution in [3.8, 4) is 0 Å². The molecule has 0 saturated carbocycles. The molecule has 2 atom stereocenters. The summed E-state index contributed by atoms with van der Waals surface area (Å²) in [6, 6.07) is 8.74. The second-order valence-corrected chi connectivity index (χ2v) is 4.28. The Morgan fingerprint density at radius 1 is 1.32 bits per heavy atom. The highest BCUT2D eigenvalue weighted by molar-refractivity contribution is 5.81. The second-order valence-electron chi connectivity index (χ2n) is 4.28. The molecule has 0 heterocycles. The van der Waals surface area contributed by atoms with Crippen molar-refractivity contribution in [1.29, 1.82) is 0 Å². The van der Waals surface area contributed by atoms with E-state index in [1.54, 1.807) is 0 Å². The van der Waals surface area contributed by atoms with Gasteiger partial charge in [-0.15, -0.1) is 0 Å². The fourth-order valence-electron chi connectivity index (χ4n) is 1.52. The standard InChI is InChI=1S/C13H18F2N2O2/c14-12(15)11(18)8-17-13(19)10(16)7-6-9-4-2-1-3-5-9/h1-5,10-12,18H,6-8,16H2,(H,17,19). The smallest absolute Gasteiger partial charge is 0.265 e. The van der Waals surface area contributed by atoms with Gasteiger partial charge in [0, 0.05) is 6.54 Å². The maximum absolute atomic E-state index is 12.0. The Balaban J connectivity index is 2.29. The van der Waals surface area contributed by atoms with Crippen LogP contribution in [0.25, 0.3) is 0 Å². The zero-order chi connectivity index (χ0) is 14.3. The molecule has 1 aromatic carbocycles. The third-order valence-electron chi connectivity index (χ3n) is 2.70. The van der Waals surface area contributed by atoms with Crippen molar-refractivity contribution in [2.24, 2.45) is 5.73 Å². The Labute approximate surface area is 110 Å². The normalized spacial score (nSPS) is 14.2. The number of aryl methyl sites for hydroxylation is 1. The first-order chi connectivity index (χ1) is 9.00. The van der Waals surface area contributed by atoms with Crippen LogP contribution in [0.3, 0.4) is 0 Å². The lowest BCUT2D eigenvalue weighted by atomic mass is 10.1. The van der Waals surface area contributed by atoms with Crippen LogP contribution < -0.4 is 11.1 Å². The molecule has 4 nitrogen and oxygen atoms in total. The number of aliphatic hydroxyl groups excluding tert-OH is 1. The summed E-state index contributed by atoms with van der Waals surface area (Å²) in [5.74, 6) is -0.532. The van der Waals surface area contributed by atoms with Gasteiger partial charge in [0.25, 0.3) is 6.43 Å². The van der Waals surface area contributed by atoms with E-state index in [1.165, 1.54) is 0 Å². The van der Waals surface area contributed by atoms with E-state index < -0.39 is 31.0 Å². The minimum Gasteiger partial charge on any atom is -0.385 e. The Hall–Kier alpha value is -1.53. The Kier molecular flexibility index (Phi) is 6.38. The van der Waals surface area contributed by atoms with Crippen LogP contribution in [0.4, 0.5) is 8.78 Å². The molecular weight excluding hydrogens is 254 g/mol. The lowest BCUT2D eigenvalue weighted by molar-refractivity contribution is -0.123. The average molecular weight is 272 g/mol. The zero-order valence-electron chi connectivity index (χ0n) is 10.4. The van der Waals surface area contributed by atoms with Gasteiger partial charge < -0.3 is 16.2 Å². The third kappa shape index (κ3) is 5.76. The number of nitrogens with one attached hydrogen (secondary N) is 1. The maximum atomic E-state index is 12.0. The quantitative estimate of drug-likeness (QED) is 0.683. The van der Waals surface area contributed by atoms with Crippen molar-refractivity contribution in [3.05, 3.63) is 35.9 Å². The van der Waals surface area contributed by atoms with Gasteiger partial charge in [0.05, 0.1) is 6.04 Å². The van der Waals surface area contributed by atoms with Gasteiger partial charge in [0.15, 0.2) is 0 Å². The molecule has 106 valence electrons. The molecule has 0 aromatic heterocycles. The molecule has 1 amide bonds. The Morgan fingerprint density at radius 2 is 1.95 bits per heavy atom. The summed E-state index contributed by atoms with van der Waals surface area (Å²) in [7, 11) is 0. The van der Waals surface area contributed by atoms with Gasteiger partial charge in [0.1, 0.15) is 6.10 Å². The van der Waals surface area contributed by atoms with Crippen LogP contribution >= 0.6 is 0 Å². The van der Waals surface area contributed by atoms with Gasteiger partial charge in [-0.1, -0.05) is 30.3 Å². The highest BCUT2D eigenvalue weighted by Gasteiger charge is 2.19. The van der Waals surface area contributed by atoms with E-state index in [4.69, 9.17) is 10.8 Å². The van der Waals surface area contributed by atoms with E-state index in [-0.39, 0.29) is 0 Å². The molecule has 0 aliphatic carbocycles. The predicted octanol–water partition coefficient (Wildman–Crippen LogP) is 0.689. The fraction of sp³-hybridized carbons (Fsp3) is 0.462. The molecule has 1 rings (SSSR count). The van der Waals surface area contributed by atoms with Crippen molar-refractivity contribution < 1.29 is 18.7 Å². The van der Waals surface area contributed by atoms with E-state index in [1.807, 2.05) is 30.3 Å². The lowest BCUT2D eigenvalue weighted by Crippen LogP contribution is -2.44. The van der Waals surface area contributed by atoms with E-state index in [9.17, 15) is 13.6 Å². The lowest BCUT2D eigenvalue weighted by Gasteiger charge is -2.14. The highest BCUT2D eigenvalue weighted by atomic mass is 19.3. The summed E-state index contributed by atoms with van der Waals surface area (Å²) in [6.45, 7) is -0.491. The largest absolute Gasteiger partial charge is 0.385 e. The predicted molar refractivity (Wildman–Crippen MR) is 67.8 cm³/mol. The first-order valence-electron chi connectivity index (χ1n) is 6.04. The number of alkyl halides is 2. The fourth-order valence-corrected chi connectivity index (χ4v) is 1.52. The summed E-state index contributed by atoms with van der Waals surface area (Å²) in [4.78, 5) is 11.5. The van der Waals surface area contributed by atoms with Gasteiger partial charge in [-0.25, -0.2) is 8.78 Å². The molecule has 2 unspecified atom stereocenters. The first-order valence-corrected chi connectivity index (χ1v) is 6.04. The molecule has 0 radical (unpaired) electrons. The molecule has 0 fully saturated rings. The number of rotatable bonds is 7. The van der Waals surface area contributed by atoms with Crippen molar-refractivity contribution in [2.75, 3.05) is 6.54 Å². The molecule has 1 aromatic rings. The molecule has 0 spiro atoms. The number of halogens is 2. The Bertz CT molecular complexity index is 387. The second kappa shape index (κ2) is 7.81. The number of amides is 1. The van der Waals surface area contributed by atoms with E-state index in [2.05, 4.69) is 5.32 Å². The summed E-state index contributed by atoms with van der Waals surface area (Å²) >= 11 is 0. The molecule has 4 N–H and O–H groups in total. The molecule has 0 aliphatic rings. The maximum Gasteiger partial charge on any atom is 0.265 e. The summed E-state index contributed by atoms with van der Waals surface area (Å²) in [5, 5.41) is 11.1. The van der Waals surface area contributed by atoms with Gasteiger partial charge in [-0.05, 0) is 18.4 Å². The van der Waals surface area contributed by atoms with Crippen molar-refractivity contribution >= 4 is 5.91 Å². The minimum atomic E-state index is -2.87. The number of hydrogen-bond acceptors (Lipinski definition) is 3. The van der Waals surface area contributed by atoms with Crippen LogP contribution in [0.15, 0.2) is 30.3 Å². The molecule has 19 heavy (non-hydrogen) atoms.